The average Bonchev–Trinajstić information content (AvgIpc) is 2.24. The first kappa shape index (κ1) is 16.0. The van der Waals surface area contributed by atoms with Crippen LogP contribution in [0.5, 0.6) is 0 Å². The minimum atomic E-state index is -0.699. The highest BCUT2D eigenvalue weighted by molar-refractivity contribution is 5.60. The van der Waals surface area contributed by atoms with Crippen LogP contribution in [0, 0.1) is 11.3 Å². The number of carbonyl (C=O) groups excluding carboxylic acids is 1. The zero-order valence-electron chi connectivity index (χ0n) is 12.4. The van der Waals surface area contributed by atoms with E-state index >= 15 is 0 Å². The smallest absolute Gasteiger partial charge is 0.432 e. The highest BCUT2D eigenvalue weighted by Crippen LogP contribution is 2.42. The zero-order chi connectivity index (χ0) is 14.6. The molecule has 0 radical (unpaired) electrons. The van der Waals surface area contributed by atoms with E-state index in [4.69, 9.17) is 14.6 Å². The summed E-state index contributed by atoms with van der Waals surface area (Å²) < 4.78 is 10.3. The Labute approximate surface area is 115 Å². The summed E-state index contributed by atoms with van der Waals surface area (Å²) in [4.78, 5) is 11.6. The van der Waals surface area contributed by atoms with Gasteiger partial charge in [-0.15, -0.1) is 0 Å². The predicted octanol–water partition coefficient (Wildman–Crippen LogP) is 3.29. The fourth-order valence-electron chi connectivity index (χ4n) is 2.55. The standard InChI is InChI=1S/C15H26O4/c1-10(2)12-6-7-15(4,5)8-13(12)19-14(17)18-9-11(3)16/h11-13,16H,1,6-9H2,2-5H3. The van der Waals surface area contributed by atoms with Crippen molar-refractivity contribution in [3.05, 3.63) is 12.2 Å². The predicted molar refractivity (Wildman–Crippen MR) is 73.8 cm³/mol. The summed E-state index contributed by atoms with van der Waals surface area (Å²) in [5, 5.41) is 9.08. The second-order valence-electron chi connectivity index (χ2n) is 6.43. The van der Waals surface area contributed by atoms with Gasteiger partial charge in [0, 0.05) is 5.92 Å². The highest BCUT2D eigenvalue weighted by atomic mass is 16.7. The van der Waals surface area contributed by atoms with Crippen molar-refractivity contribution in [2.24, 2.45) is 11.3 Å². The third kappa shape index (κ3) is 5.23. The SMILES string of the molecule is C=C(C)C1CCC(C)(C)CC1OC(=O)OCC(C)O. The molecule has 1 aliphatic carbocycles. The Morgan fingerprint density at radius 1 is 1.53 bits per heavy atom. The lowest BCUT2D eigenvalue weighted by Gasteiger charge is -2.40. The van der Waals surface area contributed by atoms with Crippen molar-refractivity contribution in [1.82, 2.24) is 0 Å². The molecule has 19 heavy (non-hydrogen) atoms. The summed E-state index contributed by atoms with van der Waals surface area (Å²) >= 11 is 0. The van der Waals surface area contributed by atoms with Gasteiger partial charge in [0.1, 0.15) is 12.7 Å². The Morgan fingerprint density at radius 2 is 2.16 bits per heavy atom. The van der Waals surface area contributed by atoms with Crippen LogP contribution in [0.25, 0.3) is 0 Å². The maximum Gasteiger partial charge on any atom is 0.508 e. The van der Waals surface area contributed by atoms with Gasteiger partial charge in [-0.1, -0.05) is 26.0 Å². The van der Waals surface area contributed by atoms with Crippen LogP contribution >= 0.6 is 0 Å². The molecule has 110 valence electrons. The Hall–Kier alpha value is -1.03. The summed E-state index contributed by atoms with van der Waals surface area (Å²) in [6.45, 7) is 11.8. The topological polar surface area (TPSA) is 55.8 Å². The summed E-state index contributed by atoms with van der Waals surface area (Å²) in [6, 6.07) is 0. The van der Waals surface area contributed by atoms with E-state index in [0.29, 0.717) is 0 Å². The first-order chi connectivity index (χ1) is 8.71. The summed E-state index contributed by atoms with van der Waals surface area (Å²) in [7, 11) is 0. The summed E-state index contributed by atoms with van der Waals surface area (Å²) in [5.74, 6) is 0.201. The maximum absolute atomic E-state index is 11.6. The molecule has 0 bridgehead atoms. The minimum absolute atomic E-state index is 0.0350. The van der Waals surface area contributed by atoms with Gasteiger partial charge in [-0.05, 0) is 38.5 Å². The highest BCUT2D eigenvalue weighted by Gasteiger charge is 2.37. The lowest BCUT2D eigenvalue weighted by Crippen LogP contribution is -2.38. The molecule has 3 unspecified atom stereocenters. The normalized spacial score (nSPS) is 27.4. The zero-order valence-corrected chi connectivity index (χ0v) is 12.4. The van der Waals surface area contributed by atoms with Gasteiger partial charge in [0.15, 0.2) is 0 Å². The number of hydrogen-bond acceptors (Lipinski definition) is 4. The van der Waals surface area contributed by atoms with E-state index in [9.17, 15) is 4.79 Å². The lowest BCUT2D eigenvalue weighted by atomic mass is 9.70. The minimum Gasteiger partial charge on any atom is -0.432 e. The van der Waals surface area contributed by atoms with Crippen molar-refractivity contribution in [1.29, 1.82) is 0 Å². The molecule has 0 aromatic carbocycles. The molecular formula is C15H26O4. The Kier molecular flexibility index (Phi) is 5.41. The van der Waals surface area contributed by atoms with Crippen LogP contribution in [-0.4, -0.2) is 30.1 Å². The molecule has 0 heterocycles. The first-order valence-electron chi connectivity index (χ1n) is 6.88. The van der Waals surface area contributed by atoms with Crippen molar-refractivity contribution < 1.29 is 19.4 Å². The number of aliphatic hydroxyl groups is 1. The van der Waals surface area contributed by atoms with Crippen LogP contribution in [0.3, 0.4) is 0 Å². The van der Waals surface area contributed by atoms with E-state index in [1.54, 1.807) is 6.92 Å². The molecule has 0 amide bonds. The molecule has 0 spiro atoms. The van der Waals surface area contributed by atoms with E-state index in [2.05, 4.69) is 20.4 Å². The Balaban J connectivity index is 2.59. The van der Waals surface area contributed by atoms with Crippen LogP contribution in [0.2, 0.25) is 0 Å². The van der Waals surface area contributed by atoms with Crippen LogP contribution < -0.4 is 0 Å². The number of carbonyl (C=O) groups is 1. The van der Waals surface area contributed by atoms with Crippen molar-refractivity contribution in [3.8, 4) is 0 Å². The van der Waals surface area contributed by atoms with Gasteiger partial charge in [0.05, 0.1) is 6.10 Å². The molecule has 1 aliphatic rings. The summed E-state index contributed by atoms with van der Waals surface area (Å²) in [6.07, 6.45) is 1.35. The molecule has 1 N–H and O–H groups in total. The van der Waals surface area contributed by atoms with E-state index < -0.39 is 12.3 Å². The summed E-state index contributed by atoms with van der Waals surface area (Å²) in [5.41, 5.74) is 1.21. The van der Waals surface area contributed by atoms with Gasteiger partial charge >= 0.3 is 6.16 Å². The fourth-order valence-corrected chi connectivity index (χ4v) is 2.55. The van der Waals surface area contributed by atoms with Crippen LogP contribution in [-0.2, 0) is 9.47 Å². The van der Waals surface area contributed by atoms with Gasteiger partial charge in [0.2, 0.25) is 0 Å². The molecule has 4 nitrogen and oxygen atoms in total. The molecule has 1 fully saturated rings. The number of aliphatic hydroxyl groups excluding tert-OH is 1. The van der Waals surface area contributed by atoms with Crippen molar-refractivity contribution in [2.75, 3.05) is 6.61 Å². The van der Waals surface area contributed by atoms with Crippen molar-refractivity contribution in [3.63, 3.8) is 0 Å². The number of rotatable bonds is 4. The van der Waals surface area contributed by atoms with Crippen LogP contribution in [0.15, 0.2) is 12.2 Å². The van der Waals surface area contributed by atoms with Crippen LogP contribution in [0.4, 0.5) is 4.79 Å². The molecule has 0 aromatic rings. The van der Waals surface area contributed by atoms with Gasteiger partial charge in [0.25, 0.3) is 0 Å². The Morgan fingerprint density at radius 3 is 2.68 bits per heavy atom. The molecule has 3 atom stereocenters. The quantitative estimate of drug-likeness (QED) is 0.629. The first-order valence-corrected chi connectivity index (χ1v) is 6.88. The second kappa shape index (κ2) is 6.42. The van der Waals surface area contributed by atoms with Crippen molar-refractivity contribution >= 4 is 6.16 Å². The molecule has 0 aromatic heterocycles. The monoisotopic (exact) mass is 270 g/mol. The van der Waals surface area contributed by atoms with E-state index in [1.165, 1.54) is 0 Å². The van der Waals surface area contributed by atoms with E-state index in [1.807, 2.05) is 6.92 Å². The number of ether oxygens (including phenoxy) is 2. The Bertz CT molecular complexity index is 333. The number of hydrogen-bond donors (Lipinski definition) is 1. The third-order valence-corrected chi connectivity index (χ3v) is 3.66. The van der Waals surface area contributed by atoms with Gasteiger partial charge < -0.3 is 14.6 Å². The molecule has 0 aliphatic heterocycles. The third-order valence-electron chi connectivity index (χ3n) is 3.66. The van der Waals surface area contributed by atoms with Gasteiger partial charge in [-0.25, -0.2) is 4.79 Å². The van der Waals surface area contributed by atoms with Crippen molar-refractivity contribution in [2.45, 2.75) is 59.2 Å². The van der Waals surface area contributed by atoms with E-state index in [0.717, 1.165) is 24.8 Å². The molecule has 1 saturated carbocycles. The fraction of sp³-hybridized carbons (Fsp3) is 0.800. The second-order valence-corrected chi connectivity index (χ2v) is 6.43. The largest absolute Gasteiger partial charge is 0.508 e. The van der Waals surface area contributed by atoms with Gasteiger partial charge in [-0.2, -0.15) is 0 Å². The molecular weight excluding hydrogens is 244 g/mol. The molecule has 4 heteroatoms. The molecule has 0 saturated heterocycles. The molecule has 1 rings (SSSR count). The van der Waals surface area contributed by atoms with Gasteiger partial charge in [-0.3, -0.25) is 0 Å². The lowest BCUT2D eigenvalue weighted by molar-refractivity contribution is -0.0379. The average molecular weight is 270 g/mol. The van der Waals surface area contributed by atoms with Crippen LogP contribution in [0.1, 0.15) is 47.0 Å². The maximum atomic E-state index is 11.6. The van der Waals surface area contributed by atoms with E-state index in [-0.39, 0.29) is 24.0 Å².